The number of hydrogen-bond acceptors (Lipinski definition) is 5. The number of nitrogens with zero attached hydrogens (tertiary/aromatic N) is 2. The van der Waals surface area contributed by atoms with Crippen LogP contribution in [0.1, 0.15) is 31.1 Å². The van der Waals surface area contributed by atoms with Gasteiger partial charge in [0, 0.05) is 17.1 Å². The summed E-state index contributed by atoms with van der Waals surface area (Å²) in [5.41, 5.74) is 2.76. The van der Waals surface area contributed by atoms with Crippen molar-refractivity contribution in [2.75, 3.05) is 10.2 Å². The highest BCUT2D eigenvalue weighted by atomic mass is 16.3. The van der Waals surface area contributed by atoms with Crippen molar-refractivity contribution in [1.29, 1.82) is 0 Å². The third kappa shape index (κ3) is 2.78. The second-order valence-electron chi connectivity index (χ2n) is 8.92. The lowest BCUT2D eigenvalue weighted by atomic mass is 9.81. The number of benzene rings is 2. The van der Waals surface area contributed by atoms with E-state index in [2.05, 4.69) is 10.3 Å². The topological polar surface area (TPSA) is 82.5 Å². The molecule has 1 aliphatic heterocycles. The number of rotatable bonds is 4. The second-order valence-corrected chi connectivity index (χ2v) is 8.92. The number of carbonyl (C=O) groups excluding carboxylic acids is 2. The van der Waals surface area contributed by atoms with Crippen LogP contribution in [-0.2, 0) is 9.59 Å². The molecule has 1 saturated heterocycles. The SMILES string of the molecule is O=C1C2C3CCC(C3)C2C(=O)N1c1ccc(C(O)Nc2cccc3cccnc23)cc1. The summed E-state index contributed by atoms with van der Waals surface area (Å²) in [5, 5.41) is 14.8. The molecule has 0 radical (unpaired) electrons. The Morgan fingerprint density at radius 2 is 1.61 bits per heavy atom. The largest absolute Gasteiger partial charge is 0.369 e. The average molecular weight is 413 g/mol. The number of nitrogens with one attached hydrogen (secondary N) is 1. The van der Waals surface area contributed by atoms with Gasteiger partial charge in [0.25, 0.3) is 0 Å². The van der Waals surface area contributed by atoms with Crippen molar-refractivity contribution >= 4 is 34.1 Å². The average Bonchev–Trinajstić information content (AvgIpc) is 3.48. The zero-order valence-corrected chi connectivity index (χ0v) is 16.9. The van der Waals surface area contributed by atoms with E-state index < -0.39 is 6.23 Å². The summed E-state index contributed by atoms with van der Waals surface area (Å²) in [5.74, 6) is 0.395. The van der Waals surface area contributed by atoms with E-state index in [1.165, 1.54) is 4.90 Å². The molecule has 2 saturated carbocycles. The van der Waals surface area contributed by atoms with Crippen molar-refractivity contribution in [3.8, 4) is 0 Å². The predicted molar refractivity (Wildman–Crippen MR) is 117 cm³/mol. The van der Waals surface area contributed by atoms with Crippen LogP contribution in [0.2, 0.25) is 0 Å². The molecule has 5 atom stereocenters. The smallest absolute Gasteiger partial charge is 0.237 e. The Balaban J connectivity index is 1.23. The highest BCUT2D eigenvalue weighted by molar-refractivity contribution is 6.22. The lowest BCUT2D eigenvalue weighted by molar-refractivity contribution is -0.123. The molecular weight excluding hydrogens is 390 g/mol. The van der Waals surface area contributed by atoms with Gasteiger partial charge < -0.3 is 10.4 Å². The van der Waals surface area contributed by atoms with Gasteiger partial charge in [0.15, 0.2) is 6.23 Å². The minimum atomic E-state index is -0.943. The maximum absolute atomic E-state index is 13.0. The lowest BCUT2D eigenvalue weighted by Crippen LogP contribution is -2.32. The van der Waals surface area contributed by atoms with Crippen molar-refractivity contribution < 1.29 is 14.7 Å². The van der Waals surface area contributed by atoms with Crippen molar-refractivity contribution in [1.82, 2.24) is 4.98 Å². The quantitative estimate of drug-likeness (QED) is 0.501. The number of aromatic nitrogens is 1. The highest BCUT2D eigenvalue weighted by Gasteiger charge is 2.61. The van der Waals surface area contributed by atoms with E-state index in [0.717, 1.165) is 35.9 Å². The Kier molecular flexibility index (Phi) is 4.11. The molecule has 2 heterocycles. The number of imide groups is 1. The maximum Gasteiger partial charge on any atom is 0.237 e. The molecule has 6 rings (SSSR count). The van der Waals surface area contributed by atoms with Crippen LogP contribution < -0.4 is 10.2 Å². The fourth-order valence-electron chi connectivity index (χ4n) is 5.92. The molecule has 3 fully saturated rings. The highest BCUT2D eigenvalue weighted by Crippen LogP contribution is 2.56. The zero-order valence-electron chi connectivity index (χ0n) is 16.9. The summed E-state index contributed by atoms with van der Waals surface area (Å²) < 4.78 is 0. The van der Waals surface area contributed by atoms with Gasteiger partial charge in [0.1, 0.15) is 0 Å². The number of aliphatic hydroxyl groups excluding tert-OH is 1. The van der Waals surface area contributed by atoms with E-state index in [1.807, 2.05) is 30.3 Å². The van der Waals surface area contributed by atoms with Gasteiger partial charge in [-0.15, -0.1) is 0 Å². The first-order valence-corrected chi connectivity index (χ1v) is 10.9. The minimum absolute atomic E-state index is 0.0459. The zero-order chi connectivity index (χ0) is 21.1. The molecule has 3 aliphatic rings. The van der Waals surface area contributed by atoms with Crippen LogP contribution >= 0.6 is 0 Å². The molecule has 156 valence electrons. The summed E-state index contributed by atoms with van der Waals surface area (Å²) in [6.07, 6.45) is 3.94. The third-order valence-electron chi connectivity index (χ3n) is 7.32. The van der Waals surface area contributed by atoms with Gasteiger partial charge in [-0.05, 0) is 55.4 Å². The Morgan fingerprint density at radius 3 is 2.32 bits per heavy atom. The Morgan fingerprint density at radius 1 is 0.935 bits per heavy atom. The Bertz CT molecular complexity index is 1160. The maximum atomic E-state index is 13.0. The van der Waals surface area contributed by atoms with Crippen LogP contribution in [0.5, 0.6) is 0 Å². The van der Waals surface area contributed by atoms with Crippen molar-refractivity contribution in [2.45, 2.75) is 25.5 Å². The van der Waals surface area contributed by atoms with E-state index in [-0.39, 0.29) is 23.7 Å². The van der Waals surface area contributed by atoms with Gasteiger partial charge >= 0.3 is 0 Å². The summed E-state index contributed by atoms with van der Waals surface area (Å²) in [7, 11) is 0. The monoisotopic (exact) mass is 413 g/mol. The van der Waals surface area contributed by atoms with Crippen molar-refractivity contribution in [3.63, 3.8) is 0 Å². The molecule has 6 nitrogen and oxygen atoms in total. The van der Waals surface area contributed by atoms with E-state index >= 15 is 0 Å². The molecule has 6 heteroatoms. The molecular formula is C25H23N3O3. The number of anilines is 2. The Hall–Kier alpha value is -3.25. The molecule has 2 bridgehead atoms. The van der Waals surface area contributed by atoms with Gasteiger partial charge in [-0.2, -0.15) is 0 Å². The third-order valence-corrected chi connectivity index (χ3v) is 7.32. The van der Waals surface area contributed by atoms with Crippen LogP contribution in [-0.4, -0.2) is 21.9 Å². The number of pyridine rings is 1. The van der Waals surface area contributed by atoms with Gasteiger partial charge in [0.05, 0.1) is 28.7 Å². The van der Waals surface area contributed by atoms with Crippen molar-refractivity contribution in [3.05, 3.63) is 66.4 Å². The fourth-order valence-corrected chi connectivity index (χ4v) is 5.92. The molecule has 3 aromatic rings. The number of fused-ring (bicyclic) bond motifs is 6. The summed E-state index contributed by atoms with van der Waals surface area (Å²) in [6.45, 7) is 0. The molecule has 2 N–H and O–H groups in total. The standard InChI is InChI=1S/C25H23N3O3/c29-23(27-19-5-1-3-14-4-2-12-26-22(14)19)15-8-10-18(11-9-15)28-24(30)20-16-6-7-17(13-16)21(20)25(28)31/h1-5,8-12,16-17,20-21,23,27,29H,6-7,13H2. The van der Waals surface area contributed by atoms with E-state index in [0.29, 0.717) is 23.1 Å². The second kappa shape index (κ2) is 6.89. The van der Waals surface area contributed by atoms with E-state index in [1.54, 1.807) is 30.5 Å². The number of hydrogen-bond donors (Lipinski definition) is 2. The molecule has 2 aromatic carbocycles. The fraction of sp³-hybridized carbons (Fsp3) is 0.320. The predicted octanol–water partition coefficient (Wildman–Crippen LogP) is 3.87. The summed E-state index contributed by atoms with van der Waals surface area (Å²) >= 11 is 0. The molecule has 1 aromatic heterocycles. The molecule has 0 spiro atoms. The minimum Gasteiger partial charge on any atom is -0.369 e. The lowest BCUT2D eigenvalue weighted by Gasteiger charge is -2.19. The van der Waals surface area contributed by atoms with Gasteiger partial charge in [-0.1, -0.05) is 30.3 Å². The molecule has 5 unspecified atom stereocenters. The van der Waals surface area contributed by atoms with Crippen LogP contribution in [0.25, 0.3) is 10.9 Å². The van der Waals surface area contributed by atoms with Gasteiger partial charge in [-0.25, -0.2) is 0 Å². The van der Waals surface area contributed by atoms with Gasteiger partial charge in [-0.3, -0.25) is 19.5 Å². The van der Waals surface area contributed by atoms with E-state index in [9.17, 15) is 14.7 Å². The van der Waals surface area contributed by atoms with Crippen LogP contribution in [0, 0.1) is 23.7 Å². The first kappa shape index (κ1) is 18.5. The molecule has 2 aliphatic carbocycles. The van der Waals surface area contributed by atoms with Crippen molar-refractivity contribution in [2.24, 2.45) is 23.7 Å². The van der Waals surface area contributed by atoms with Crippen LogP contribution in [0.15, 0.2) is 60.8 Å². The molecule has 31 heavy (non-hydrogen) atoms. The normalized spacial score (nSPS) is 27.7. The molecule has 2 amide bonds. The van der Waals surface area contributed by atoms with Crippen LogP contribution in [0.3, 0.4) is 0 Å². The number of para-hydroxylation sites is 1. The number of aliphatic hydroxyl groups is 1. The van der Waals surface area contributed by atoms with Crippen LogP contribution in [0.4, 0.5) is 11.4 Å². The summed E-state index contributed by atoms with van der Waals surface area (Å²) in [6, 6.07) is 16.6. The summed E-state index contributed by atoms with van der Waals surface area (Å²) in [4.78, 5) is 31.8. The first-order chi connectivity index (χ1) is 15.1. The number of amides is 2. The van der Waals surface area contributed by atoms with Gasteiger partial charge in [0.2, 0.25) is 11.8 Å². The Labute approximate surface area is 179 Å². The number of carbonyl (C=O) groups is 2. The van der Waals surface area contributed by atoms with E-state index in [4.69, 9.17) is 0 Å². The first-order valence-electron chi connectivity index (χ1n) is 10.9.